The Kier molecular flexibility index (Phi) is 46.8. The highest BCUT2D eigenvalue weighted by Gasteiger charge is 2.25. The lowest BCUT2D eigenvalue weighted by Gasteiger charge is -2.20. The van der Waals surface area contributed by atoms with Gasteiger partial charge in [0, 0.05) is 19.6 Å². The molecule has 0 saturated heterocycles. The maximum Gasteiger partial charge on any atom is 0.472 e. The molecule has 0 aliphatic heterocycles. The lowest BCUT2D eigenvalue weighted by molar-refractivity contribution is -0.154. The van der Waals surface area contributed by atoms with E-state index in [1.54, 1.807) is 0 Å². The topological polar surface area (TPSA) is 117 Å². The van der Waals surface area contributed by atoms with E-state index in [0.717, 1.165) is 70.6 Å². The van der Waals surface area contributed by atoms with Crippen LogP contribution in [-0.2, 0) is 27.9 Å². The highest BCUT2D eigenvalue weighted by atomic mass is 31.2. The summed E-state index contributed by atoms with van der Waals surface area (Å²) in [6.45, 7) is 4.78. The van der Waals surface area contributed by atoms with Gasteiger partial charge in [0.25, 0.3) is 0 Å². The summed E-state index contributed by atoms with van der Waals surface area (Å²) in [4.78, 5) is 22.6. The van der Waals surface area contributed by atoms with Crippen LogP contribution in [-0.4, -0.2) is 49.9 Å². The molecule has 0 rings (SSSR count). The number of ether oxygens (including phenoxy) is 2. The zero-order valence-electron chi connectivity index (χ0n) is 38.9. The fraction of sp³-hybridized carbons (Fsp3) is 0.784. The molecule has 0 spiro atoms. The minimum atomic E-state index is -4.29. The monoisotopic (exact) mass is 864 g/mol. The van der Waals surface area contributed by atoms with Crippen molar-refractivity contribution in [3.8, 4) is 0 Å². The molecule has 0 aromatic rings. The number of allylic oxidation sites excluding steroid dienone is 10. The third kappa shape index (κ3) is 47.3. The zero-order valence-corrected chi connectivity index (χ0v) is 39.8. The van der Waals surface area contributed by atoms with Gasteiger partial charge in [-0.15, -0.1) is 0 Å². The number of phosphoric ester groups is 1. The van der Waals surface area contributed by atoms with E-state index in [1.165, 1.54) is 128 Å². The first-order valence-corrected chi connectivity index (χ1v) is 26.3. The highest BCUT2D eigenvalue weighted by Crippen LogP contribution is 2.43. The molecule has 0 aliphatic carbocycles. The van der Waals surface area contributed by atoms with Gasteiger partial charge in [-0.2, -0.15) is 0 Å². The Morgan fingerprint density at radius 3 is 1.42 bits per heavy atom. The van der Waals surface area contributed by atoms with Crippen molar-refractivity contribution in [2.24, 2.45) is 5.73 Å². The van der Waals surface area contributed by atoms with E-state index in [-0.39, 0.29) is 32.3 Å². The molecule has 0 aliphatic rings. The van der Waals surface area contributed by atoms with Crippen molar-refractivity contribution in [2.75, 3.05) is 33.0 Å². The van der Waals surface area contributed by atoms with E-state index in [0.29, 0.717) is 13.0 Å². The summed E-state index contributed by atoms with van der Waals surface area (Å²) in [5.41, 5.74) is 5.38. The first-order valence-electron chi connectivity index (χ1n) is 24.8. The molecule has 0 aromatic heterocycles. The van der Waals surface area contributed by atoms with Gasteiger partial charge in [-0.3, -0.25) is 13.8 Å². The van der Waals surface area contributed by atoms with Gasteiger partial charge in [-0.1, -0.05) is 197 Å². The molecular weight excluding hydrogens is 770 g/mol. The predicted octanol–water partition coefficient (Wildman–Crippen LogP) is 15.3. The number of nitrogens with two attached hydrogens (primary N) is 1. The molecule has 0 fully saturated rings. The molecular formula is C51H94NO7P. The van der Waals surface area contributed by atoms with Gasteiger partial charge < -0.3 is 20.1 Å². The number of hydrogen-bond donors (Lipinski definition) is 2. The van der Waals surface area contributed by atoms with Crippen molar-refractivity contribution in [2.45, 2.75) is 225 Å². The van der Waals surface area contributed by atoms with E-state index in [2.05, 4.69) is 74.6 Å². The number of carbonyl (C=O) groups excluding carboxylic acids is 1. The van der Waals surface area contributed by atoms with Crippen LogP contribution in [0.15, 0.2) is 60.8 Å². The molecule has 350 valence electrons. The van der Waals surface area contributed by atoms with Gasteiger partial charge in [-0.05, 0) is 77.0 Å². The Bertz CT molecular complexity index is 1110. The first-order chi connectivity index (χ1) is 29.4. The fourth-order valence-electron chi connectivity index (χ4n) is 6.81. The van der Waals surface area contributed by atoms with Crippen LogP contribution in [0.5, 0.6) is 0 Å². The van der Waals surface area contributed by atoms with Gasteiger partial charge in [0.15, 0.2) is 0 Å². The predicted molar refractivity (Wildman–Crippen MR) is 256 cm³/mol. The van der Waals surface area contributed by atoms with Gasteiger partial charge >= 0.3 is 13.8 Å². The second-order valence-corrected chi connectivity index (χ2v) is 17.7. The molecule has 0 amide bonds. The van der Waals surface area contributed by atoms with Crippen LogP contribution in [0.25, 0.3) is 0 Å². The summed E-state index contributed by atoms with van der Waals surface area (Å²) in [5, 5.41) is 0. The van der Waals surface area contributed by atoms with Crippen LogP contribution in [0.4, 0.5) is 0 Å². The summed E-state index contributed by atoms with van der Waals surface area (Å²) in [6.07, 6.45) is 59.7. The van der Waals surface area contributed by atoms with E-state index in [1.807, 2.05) is 0 Å². The van der Waals surface area contributed by atoms with Gasteiger partial charge in [0.2, 0.25) is 0 Å². The Morgan fingerprint density at radius 2 is 0.933 bits per heavy atom. The Morgan fingerprint density at radius 1 is 0.517 bits per heavy atom. The molecule has 0 aromatic carbocycles. The standard InChI is InChI=1S/C51H94NO7P/c1-3-5-7-9-11-13-15-17-19-21-23-24-25-26-27-28-30-32-34-36-38-40-42-44-51(53)59-50(49-58-60(54,55)57-47-45-52)48-56-46-43-41-39-37-35-33-31-29-22-20-18-16-14-12-10-8-6-4-2/h6,8,12,14,18,20-21,23,29,31,50H,3-5,7,9-11,13,15-17,19,22,24-28,30,32-49,52H2,1-2H3,(H,54,55)/b8-6-,14-12-,20-18-,23-21-,31-29-. The number of esters is 1. The van der Waals surface area contributed by atoms with Crippen molar-refractivity contribution < 1.29 is 32.8 Å². The van der Waals surface area contributed by atoms with Gasteiger partial charge in [0.05, 0.1) is 19.8 Å². The molecule has 8 nitrogen and oxygen atoms in total. The molecule has 0 radical (unpaired) electrons. The van der Waals surface area contributed by atoms with Crippen LogP contribution in [0, 0.1) is 0 Å². The van der Waals surface area contributed by atoms with Crippen LogP contribution in [0.3, 0.4) is 0 Å². The van der Waals surface area contributed by atoms with Gasteiger partial charge in [0.1, 0.15) is 6.10 Å². The highest BCUT2D eigenvalue weighted by molar-refractivity contribution is 7.47. The Balaban J connectivity index is 3.98. The van der Waals surface area contributed by atoms with E-state index < -0.39 is 13.9 Å². The molecule has 0 bridgehead atoms. The number of carbonyl (C=O) groups is 1. The minimum Gasteiger partial charge on any atom is -0.457 e. The largest absolute Gasteiger partial charge is 0.472 e. The van der Waals surface area contributed by atoms with Crippen molar-refractivity contribution in [3.63, 3.8) is 0 Å². The average Bonchev–Trinajstić information content (AvgIpc) is 3.24. The summed E-state index contributed by atoms with van der Waals surface area (Å²) in [6, 6.07) is 0. The molecule has 2 atom stereocenters. The van der Waals surface area contributed by atoms with Crippen molar-refractivity contribution in [1.29, 1.82) is 0 Å². The summed E-state index contributed by atoms with van der Waals surface area (Å²) < 4.78 is 33.5. The van der Waals surface area contributed by atoms with Crippen molar-refractivity contribution in [3.05, 3.63) is 60.8 Å². The average molecular weight is 864 g/mol. The van der Waals surface area contributed by atoms with Crippen LogP contribution in [0.1, 0.15) is 219 Å². The summed E-state index contributed by atoms with van der Waals surface area (Å²) >= 11 is 0. The first kappa shape index (κ1) is 58.2. The maximum absolute atomic E-state index is 12.6. The normalized spacial score (nSPS) is 13.9. The van der Waals surface area contributed by atoms with E-state index in [9.17, 15) is 14.3 Å². The van der Waals surface area contributed by atoms with Crippen molar-refractivity contribution in [1.82, 2.24) is 0 Å². The SMILES string of the molecule is CC/C=C\C/C=C\C/C=C\C/C=C\CCCCCCCOCC(COP(=O)(O)OCCN)OC(=O)CCCCCCCCCCCCC/C=C\CCCCCCCCCC. The van der Waals surface area contributed by atoms with Crippen LogP contribution in [0.2, 0.25) is 0 Å². The Labute approximate surface area is 370 Å². The molecule has 9 heteroatoms. The fourth-order valence-corrected chi connectivity index (χ4v) is 7.57. The second kappa shape index (κ2) is 48.2. The number of unbranched alkanes of at least 4 members (excludes halogenated alkanes) is 24. The smallest absolute Gasteiger partial charge is 0.457 e. The molecule has 3 N–H and O–H groups in total. The number of rotatable bonds is 47. The Hall–Kier alpha value is -1.80. The minimum absolute atomic E-state index is 0.0948. The lowest BCUT2D eigenvalue weighted by atomic mass is 10.0. The van der Waals surface area contributed by atoms with Crippen molar-refractivity contribution >= 4 is 13.8 Å². The quantitative estimate of drug-likeness (QED) is 0.0269. The number of hydrogen-bond acceptors (Lipinski definition) is 7. The zero-order chi connectivity index (χ0) is 43.7. The van der Waals surface area contributed by atoms with Gasteiger partial charge in [-0.25, -0.2) is 4.57 Å². The molecule has 60 heavy (non-hydrogen) atoms. The molecule has 0 heterocycles. The third-order valence-electron chi connectivity index (χ3n) is 10.4. The lowest BCUT2D eigenvalue weighted by Crippen LogP contribution is -2.28. The molecule has 2 unspecified atom stereocenters. The summed E-state index contributed by atoms with van der Waals surface area (Å²) in [7, 11) is -4.29. The van der Waals surface area contributed by atoms with E-state index >= 15 is 0 Å². The second-order valence-electron chi connectivity index (χ2n) is 16.3. The third-order valence-corrected chi connectivity index (χ3v) is 11.4. The van der Waals surface area contributed by atoms with E-state index in [4.69, 9.17) is 24.3 Å². The van der Waals surface area contributed by atoms with Crippen LogP contribution >= 0.6 is 7.82 Å². The summed E-state index contributed by atoms with van der Waals surface area (Å²) in [5.74, 6) is -0.338. The number of phosphoric acid groups is 1. The molecule has 0 saturated carbocycles. The maximum atomic E-state index is 12.6. The van der Waals surface area contributed by atoms with Crippen LogP contribution < -0.4 is 5.73 Å².